The van der Waals surface area contributed by atoms with Crippen LogP contribution in [0.1, 0.15) is 44.5 Å². The van der Waals surface area contributed by atoms with Crippen LogP contribution in [0.5, 0.6) is 5.88 Å². The lowest BCUT2D eigenvalue weighted by Gasteiger charge is -2.38. The highest BCUT2D eigenvalue weighted by atomic mass is 16.6. The molecule has 0 saturated carbocycles. The van der Waals surface area contributed by atoms with Crippen LogP contribution in [0.3, 0.4) is 0 Å². The highest BCUT2D eigenvalue weighted by molar-refractivity contribution is 5.71. The Hall–Kier alpha value is -2.57. The molecule has 3 rings (SSSR count). The number of aromatic nitrogens is 1. The third-order valence-electron chi connectivity index (χ3n) is 5.46. The number of pyridine rings is 1. The molecular weight excluding hydrogens is 408 g/mol. The maximum atomic E-state index is 12.5. The summed E-state index contributed by atoms with van der Waals surface area (Å²) in [7, 11) is 3.98. The van der Waals surface area contributed by atoms with Gasteiger partial charge in [-0.3, -0.25) is 0 Å². The molecule has 0 aromatic carbocycles. The Morgan fingerprint density at radius 3 is 2.56 bits per heavy atom. The van der Waals surface area contributed by atoms with Crippen LogP contribution in [0.2, 0.25) is 0 Å². The number of carbonyl (C=O) groups is 1. The molecule has 1 aromatic rings. The van der Waals surface area contributed by atoms with Gasteiger partial charge in [-0.05, 0) is 54.8 Å². The number of nitrogens with one attached hydrogen (secondary N) is 1. The van der Waals surface area contributed by atoms with Crippen LogP contribution in [0.15, 0.2) is 0 Å². The standard InChI is InChI=1S/C23H36N6O3/c1-16(15-27(5)6)31-21-18(13-24)20(17-7-8-25-14-19(17)26-21)28-9-11-29(12-10-28)22(30)32-23(2,3)4/h16,25H,7-12,14-15H2,1-6H3. The lowest BCUT2D eigenvalue weighted by Crippen LogP contribution is -2.50. The summed E-state index contributed by atoms with van der Waals surface area (Å²) in [5, 5.41) is 13.5. The number of carbonyl (C=O) groups excluding carboxylic acids is 1. The van der Waals surface area contributed by atoms with E-state index in [2.05, 4.69) is 16.3 Å². The van der Waals surface area contributed by atoms with Gasteiger partial charge in [0.25, 0.3) is 0 Å². The molecule has 1 unspecified atom stereocenters. The summed E-state index contributed by atoms with van der Waals surface area (Å²) in [6.07, 6.45) is 0.419. The minimum Gasteiger partial charge on any atom is -0.472 e. The van der Waals surface area contributed by atoms with Crippen LogP contribution in [-0.4, -0.2) is 85.9 Å². The number of anilines is 1. The molecule has 0 bridgehead atoms. The van der Waals surface area contributed by atoms with Crippen molar-refractivity contribution in [2.24, 2.45) is 0 Å². The first-order chi connectivity index (χ1) is 15.1. The molecule has 1 saturated heterocycles. The van der Waals surface area contributed by atoms with Gasteiger partial charge in [0.05, 0.1) is 11.4 Å². The van der Waals surface area contributed by atoms with Gasteiger partial charge in [-0.15, -0.1) is 0 Å². The van der Waals surface area contributed by atoms with E-state index in [0.29, 0.717) is 44.2 Å². The molecule has 1 fully saturated rings. The fourth-order valence-corrected chi connectivity index (χ4v) is 4.18. The maximum Gasteiger partial charge on any atom is 0.410 e. The molecule has 0 aliphatic carbocycles. The van der Waals surface area contributed by atoms with Crippen molar-refractivity contribution in [3.8, 4) is 11.9 Å². The summed E-state index contributed by atoms with van der Waals surface area (Å²) in [5.74, 6) is 0.397. The second-order valence-electron chi connectivity index (χ2n) is 9.75. The van der Waals surface area contributed by atoms with Crippen LogP contribution in [-0.2, 0) is 17.7 Å². The average molecular weight is 445 g/mol. The Morgan fingerprint density at radius 1 is 1.28 bits per heavy atom. The maximum absolute atomic E-state index is 12.5. The van der Waals surface area contributed by atoms with E-state index in [1.165, 1.54) is 0 Å². The molecular formula is C23H36N6O3. The number of piperazine rings is 1. The molecule has 0 spiro atoms. The largest absolute Gasteiger partial charge is 0.472 e. The summed E-state index contributed by atoms with van der Waals surface area (Å²) in [6.45, 7) is 12.2. The Balaban J connectivity index is 1.86. The van der Waals surface area contributed by atoms with Crippen LogP contribution < -0.4 is 15.0 Å². The van der Waals surface area contributed by atoms with Crippen molar-refractivity contribution < 1.29 is 14.3 Å². The van der Waals surface area contributed by atoms with Crippen molar-refractivity contribution in [2.45, 2.75) is 52.4 Å². The molecule has 3 heterocycles. The van der Waals surface area contributed by atoms with Crippen LogP contribution in [0.25, 0.3) is 0 Å². The fourth-order valence-electron chi connectivity index (χ4n) is 4.18. The van der Waals surface area contributed by atoms with E-state index in [4.69, 9.17) is 14.5 Å². The molecule has 32 heavy (non-hydrogen) atoms. The number of ether oxygens (including phenoxy) is 2. The van der Waals surface area contributed by atoms with Crippen molar-refractivity contribution in [1.82, 2.24) is 20.1 Å². The van der Waals surface area contributed by atoms with Crippen LogP contribution in [0.4, 0.5) is 10.5 Å². The predicted molar refractivity (Wildman–Crippen MR) is 123 cm³/mol. The van der Waals surface area contributed by atoms with Gasteiger partial charge in [0.15, 0.2) is 0 Å². The summed E-state index contributed by atoms with van der Waals surface area (Å²) in [6, 6.07) is 2.37. The first-order valence-electron chi connectivity index (χ1n) is 11.3. The van der Waals surface area contributed by atoms with E-state index in [1.807, 2.05) is 46.7 Å². The van der Waals surface area contributed by atoms with E-state index in [-0.39, 0.29) is 12.2 Å². The molecule has 1 aromatic heterocycles. The first kappa shape index (κ1) is 24.1. The van der Waals surface area contributed by atoms with Crippen molar-refractivity contribution in [3.05, 3.63) is 16.8 Å². The Morgan fingerprint density at radius 2 is 1.97 bits per heavy atom. The molecule has 2 aliphatic heterocycles. The molecule has 9 heteroatoms. The number of nitriles is 1. The quantitative estimate of drug-likeness (QED) is 0.737. The van der Waals surface area contributed by atoms with E-state index in [1.54, 1.807) is 4.90 Å². The second kappa shape index (κ2) is 9.92. The number of nitrogens with zero attached hydrogens (tertiary/aromatic N) is 5. The number of fused-ring (bicyclic) bond motifs is 1. The van der Waals surface area contributed by atoms with Crippen molar-refractivity contribution in [2.75, 3.05) is 58.3 Å². The van der Waals surface area contributed by atoms with Gasteiger partial charge in [-0.25, -0.2) is 9.78 Å². The monoisotopic (exact) mass is 444 g/mol. The smallest absolute Gasteiger partial charge is 0.410 e. The van der Waals surface area contributed by atoms with Crippen molar-refractivity contribution in [3.63, 3.8) is 0 Å². The normalized spacial score (nSPS) is 17.6. The van der Waals surface area contributed by atoms with Gasteiger partial charge in [-0.1, -0.05) is 0 Å². The number of rotatable bonds is 5. The number of hydrogen-bond acceptors (Lipinski definition) is 8. The van der Waals surface area contributed by atoms with Crippen LogP contribution in [0, 0.1) is 11.3 Å². The third-order valence-corrected chi connectivity index (χ3v) is 5.46. The van der Waals surface area contributed by atoms with E-state index in [9.17, 15) is 10.1 Å². The molecule has 1 atom stereocenters. The molecule has 2 aliphatic rings. The summed E-state index contributed by atoms with van der Waals surface area (Å²) in [5.41, 5.74) is 2.93. The molecule has 1 amide bonds. The number of likely N-dealkylation sites (N-methyl/N-ethyl adjacent to an activating group) is 1. The zero-order valence-corrected chi connectivity index (χ0v) is 20.2. The Kier molecular flexibility index (Phi) is 7.47. The zero-order chi connectivity index (χ0) is 23.5. The minimum absolute atomic E-state index is 0.101. The second-order valence-corrected chi connectivity index (χ2v) is 9.75. The Bertz CT molecular complexity index is 866. The lowest BCUT2D eigenvalue weighted by atomic mass is 9.99. The van der Waals surface area contributed by atoms with Gasteiger partial charge in [0, 0.05) is 44.8 Å². The van der Waals surface area contributed by atoms with E-state index >= 15 is 0 Å². The lowest BCUT2D eigenvalue weighted by molar-refractivity contribution is 0.0240. The highest BCUT2D eigenvalue weighted by Gasteiger charge is 2.31. The van der Waals surface area contributed by atoms with Crippen molar-refractivity contribution >= 4 is 11.8 Å². The number of hydrogen-bond donors (Lipinski definition) is 1. The average Bonchev–Trinajstić information content (AvgIpc) is 2.71. The topological polar surface area (TPSA) is 94.0 Å². The Labute approximate surface area is 191 Å². The van der Waals surface area contributed by atoms with E-state index in [0.717, 1.165) is 36.5 Å². The predicted octanol–water partition coefficient (Wildman–Crippen LogP) is 1.98. The number of amides is 1. The molecule has 9 nitrogen and oxygen atoms in total. The van der Waals surface area contributed by atoms with Crippen LogP contribution >= 0.6 is 0 Å². The summed E-state index contributed by atoms with van der Waals surface area (Å²) >= 11 is 0. The minimum atomic E-state index is -0.519. The summed E-state index contributed by atoms with van der Waals surface area (Å²) < 4.78 is 11.7. The molecule has 176 valence electrons. The highest BCUT2D eigenvalue weighted by Crippen LogP contribution is 2.36. The SMILES string of the molecule is CC(CN(C)C)Oc1nc2c(c(N3CCN(C(=O)OC(C)(C)C)CC3)c1C#N)CCNC2. The van der Waals surface area contributed by atoms with Gasteiger partial charge in [0.2, 0.25) is 5.88 Å². The molecule has 0 radical (unpaired) electrons. The van der Waals surface area contributed by atoms with Gasteiger partial charge in [-0.2, -0.15) is 5.26 Å². The van der Waals surface area contributed by atoms with Gasteiger partial charge < -0.3 is 29.5 Å². The van der Waals surface area contributed by atoms with Gasteiger partial charge in [0.1, 0.15) is 23.3 Å². The summed E-state index contributed by atoms with van der Waals surface area (Å²) in [4.78, 5) is 23.2. The molecule has 1 N–H and O–H groups in total. The van der Waals surface area contributed by atoms with E-state index < -0.39 is 5.60 Å². The van der Waals surface area contributed by atoms with Gasteiger partial charge >= 0.3 is 6.09 Å². The zero-order valence-electron chi connectivity index (χ0n) is 20.2. The fraction of sp³-hybridized carbons (Fsp3) is 0.696. The third kappa shape index (κ3) is 5.81. The first-order valence-corrected chi connectivity index (χ1v) is 11.3. The van der Waals surface area contributed by atoms with Crippen molar-refractivity contribution in [1.29, 1.82) is 5.26 Å².